The molecule has 0 unspecified atom stereocenters. The fraction of sp³-hybridized carbons (Fsp3) is 0.931. The summed E-state index contributed by atoms with van der Waals surface area (Å²) < 4.78 is 0. The van der Waals surface area contributed by atoms with Gasteiger partial charge in [0, 0.05) is 0 Å². The Balaban J connectivity index is 1.47. The molecule has 0 aliphatic heterocycles. The molecule has 0 heteroatoms. The van der Waals surface area contributed by atoms with Gasteiger partial charge in [-0.1, -0.05) is 72.5 Å². The van der Waals surface area contributed by atoms with Crippen LogP contribution in [-0.4, -0.2) is 0 Å². The van der Waals surface area contributed by atoms with Gasteiger partial charge in [-0.2, -0.15) is 0 Å². The van der Waals surface area contributed by atoms with E-state index in [1.807, 2.05) is 5.57 Å². The van der Waals surface area contributed by atoms with Crippen molar-refractivity contribution in [1.29, 1.82) is 0 Å². The fourth-order valence-electron chi connectivity index (χ4n) is 9.36. The topological polar surface area (TPSA) is 0 Å². The van der Waals surface area contributed by atoms with E-state index in [1.165, 1.54) is 77.0 Å². The zero-order valence-electron chi connectivity index (χ0n) is 20.6. The molecule has 0 radical (unpaired) electrons. The average molecular weight is 399 g/mol. The summed E-state index contributed by atoms with van der Waals surface area (Å²) in [6, 6.07) is 0. The van der Waals surface area contributed by atoms with E-state index in [4.69, 9.17) is 0 Å². The van der Waals surface area contributed by atoms with Crippen molar-refractivity contribution in [3.05, 3.63) is 11.6 Å². The van der Waals surface area contributed by atoms with Crippen LogP contribution in [0.2, 0.25) is 0 Å². The molecule has 4 rings (SSSR count). The highest BCUT2D eigenvalue weighted by Gasteiger charge is 2.58. The standard InChI is InChI=1S/C29H50/c1-7-22(20(2)3)12-11-21(4)25-15-16-26-24-14-13-23-10-8-9-18-28(23,5)27(24)17-19-29(25,26)6/h13,20-22,24-27H,7-12,14-19H2,1-6H3/t21-,22-,24+,25-,26+,27-,28+,29-/m1/s1. The predicted octanol–water partition coefficient (Wildman–Crippen LogP) is 9.05. The van der Waals surface area contributed by atoms with Crippen molar-refractivity contribution in [2.45, 2.75) is 119 Å². The minimum Gasteiger partial charge on any atom is -0.0845 e. The van der Waals surface area contributed by atoms with Crippen LogP contribution < -0.4 is 0 Å². The Kier molecular flexibility index (Phi) is 6.32. The minimum atomic E-state index is 0.567. The van der Waals surface area contributed by atoms with E-state index in [-0.39, 0.29) is 0 Å². The summed E-state index contributed by atoms with van der Waals surface area (Å²) >= 11 is 0. The second-order valence-electron chi connectivity index (χ2n) is 12.7. The highest BCUT2D eigenvalue weighted by Crippen LogP contribution is 2.67. The van der Waals surface area contributed by atoms with Crippen molar-refractivity contribution >= 4 is 0 Å². The summed E-state index contributed by atoms with van der Waals surface area (Å²) in [5, 5.41) is 0. The second kappa shape index (κ2) is 8.35. The Hall–Kier alpha value is -0.260. The Bertz CT molecular complexity index is 599. The summed E-state index contributed by atoms with van der Waals surface area (Å²) in [5.41, 5.74) is 3.07. The third-order valence-electron chi connectivity index (χ3n) is 11.2. The van der Waals surface area contributed by atoms with E-state index in [0.29, 0.717) is 10.8 Å². The molecule has 0 spiro atoms. The quantitative estimate of drug-likeness (QED) is 0.391. The van der Waals surface area contributed by atoms with E-state index in [9.17, 15) is 0 Å². The first-order chi connectivity index (χ1) is 13.8. The molecule has 8 atom stereocenters. The second-order valence-corrected chi connectivity index (χ2v) is 12.7. The third kappa shape index (κ3) is 3.67. The molecule has 0 N–H and O–H groups in total. The van der Waals surface area contributed by atoms with Crippen LogP contribution in [-0.2, 0) is 0 Å². The van der Waals surface area contributed by atoms with Gasteiger partial charge in [0.1, 0.15) is 0 Å². The van der Waals surface area contributed by atoms with Crippen LogP contribution in [0.1, 0.15) is 119 Å². The molecule has 0 nitrogen and oxygen atoms in total. The Morgan fingerprint density at radius 2 is 1.76 bits per heavy atom. The van der Waals surface area contributed by atoms with Crippen molar-refractivity contribution in [2.24, 2.45) is 52.3 Å². The molecule has 0 saturated heterocycles. The molecule has 4 aliphatic carbocycles. The van der Waals surface area contributed by atoms with Crippen molar-refractivity contribution in [3.8, 4) is 0 Å². The molecular formula is C29H50. The smallest absolute Gasteiger partial charge is 0.00853 e. The molecular weight excluding hydrogens is 348 g/mol. The molecule has 166 valence electrons. The molecule has 3 saturated carbocycles. The van der Waals surface area contributed by atoms with Crippen LogP contribution >= 0.6 is 0 Å². The maximum Gasteiger partial charge on any atom is -0.00853 e. The minimum absolute atomic E-state index is 0.567. The molecule has 0 amide bonds. The van der Waals surface area contributed by atoms with Gasteiger partial charge in [0.15, 0.2) is 0 Å². The molecule has 0 heterocycles. The first-order valence-electron chi connectivity index (χ1n) is 13.5. The number of hydrogen-bond acceptors (Lipinski definition) is 0. The van der Waals surface area contributed by atoms with Gasteiger partial charge in [0.25, 0.3) is 0 Å². The van der Waals surface area contributed by atoms with E-state index in [0.717, 1.165) is 41.4 Å². The SMILES string of the molecule is CC[C@H](CC[C@@H](C)[C@H]1CC[C@H]2[C@@H]3CC=C4CCCC[C@]4(C)[C@@H]3CC[C@]12C)C(C)C. The molecule has 0 aromatic heterocycles. The van der Waals surface area contributed by atoms with Gasteiger partial charge in [0.2, 0.25) is 0 Å². The van der Waals surface area contributed by atoms with Gasteiger partial charge >= 0.3 is 0 Å². The zero-order valence-corrected chi connectivity index (χ0v) is 20.6. The molecule has 0 bridgehead atoms. The summed E-state index contributed by atoms with van der Waals surface area (Å²) in [7, 11) is 0. The van der Waals surface area contributed by atoms with Crippen LogP contribution in [0.4, 0.5) is 0 Å². The van der Waals surface area contributed by atoms with Gasteiger partial charge in [0.05, 0.1) is 0 Å². The van der Waals surface area contributed by atoms with E-state index in [1.54, 1.807) is 0 Å². The Morgan fingerprint density at radius 1 is 0.966 bits per heavy atom. The molecule has 3 fully saturated rings. The lowest BCUT2D eigenvalue weighted by Crippen LogP contribution is -2.50. The van der Waals surface area contributed by atoms with E-state index < -0.39 is 0 Å². The number of hydrogen-bond donors (Lipinski definition) is 0. The van der Waals surface area contributed by atoms with Gasteiger partial charge in [-0.15, -0.1) is 0 Å². The third-order valence-corrected chi connectivity index (χ3v) is 11.2. The van der Waals surface area contributed by atoms with Crippen LogP contribution in [0.3, 0.4) is 0 Å². The maximum atomic E-state index is 2.75. The zero-order chi connectivity index (χ0) is 20.8. The summed E-state index contributed by atoms with van der Waals surface area (Å²) in [6.45, 7) is 15.3. The lowest BCUT2D eigenvalue weighted by Gasteiger charge is -2.58. The van der Waals surface area contributed by atoms with E-state index >= 15 is 0 Å². The van der Waals surface area contributed by atoms with Crippen molar-refractivity contribution in [3.63, 3.8) is 0 Å². The summed E-state index contributed by atoms with van der Waals surface area (Å²) in [6.07, 6.45) is 20.4. The molecule has 4 aliphatic rings. The molecule has 0 aromatic carbocycles. The fourth-order valence-corrected chi connectivity index (χ4v) is 9.36. The first kappa shape index (κ1) is 22.0. The Labute approximate surface area is 182 Å². The highest BCUT2D eigenvalue weighted by molar-refractivity contribution is 5.24. The summed E-state index contributed by atoms with van der Waals surface area (Å²) in [4.78, 5) is 0. The Morgan fingerprint density at radius 3 is 2.48 bits per heavy atom. The van der Waals surface area contributed by atoms with Crippen LogP contribution in [0.15, 0.2) is 11.6 Å². The maximum absolute atomic E-state index is 2.75. The summed E-state index contributed by atoms with van der Waals surface area (Å²) in [5.74, 6) is 6.71. The number of allylic oxidation sites excluding steroid dienone is 2. The van der Waals surface area contributed by atoms with Crippen molar-refractivity contribution < 1.29 is 0 Å². The largest absolute Gasteiger partial charge is 0.0845 e. The van der Waals surface area contributed by atoms with E-state index in [2.05, 4.69) is 47.6 Å². The van der Waals surface area contributed by atoms with Gasteiger partial charge in [-0.3, -0.25) is 0 Å². The highest BCUT2D eigenvalue weighted by atomic mass is 14.6. The first-order valence-corrected chi connectivity index (χ1v) is 13.5. The number of rotatable bonds is 6. The lowest BCUT2D eigenvalue weighted by atomic mass is 9.47. The van der Waals surface area contributed by atoms with Gasteiger partial charge < -0.3 is 0 Å². The average Bonchev–Trinajstić information content (AvgIpc) is 3.05. The normalized spacial score (nSPS) is 43.9. The molecule has 29 heavy (non-hydrogen) atoms. The van der Waals surface area contributed by atoms with Crippen LogP contribution in [0.5, 0.6) is 0 Å². The predicted molar refractivity (Wildman–Crippen MR) is 127 cm³/mol. The number of fused-ring (bicyclic) bond motifs is 5. The van der Waals surface area contributed by atoms with Gasteiger partial charge in [-0.25, -0.2) is 0 Å². The van der Waals surface area contributed by atoms with Crippen molar-refractivity contribution in [1.82, 2.24) is 0 Å². The van der Waals surface area contributed by atoms with Crippen LogP contribution in [0.25, 0.3) is 0 Å². The lowest BCUT2D eigenvalue weighted by molar-refractivity contribution is -0.0503. The monoisotopic (exact) mass is 398 g/mol. The van der Waals surface area contributed by atoms with Crippen LogP contribution in [0, 0.1) is 52.3 Å². The molecule has 0 aromatic rings. The van der Waals surface area contributed by atoms with Crippen molar-refractivity contribution in [2.75, 3.05) is 0 Å². The van der Waals surface area contributed by atoms with Gasteiger partial charge in [-0.05, 0) is 110 Å².